The fraction of sp³-hybridized carbons (Fsp3) is 0.473. The fourth-order valence-electron chi connectivity index (χ4n) is 13.7. The second-order valence-corrected chi connectivity index (χ2v) is 34.9. The van der Waals surface area contributed by atoms with Crippen molar-refractivity contribution in [3.63, 3.8) is 0 Å². The van der Waals surface area contributed by atoms with E-state index < -0.39 is 0 Å². The number of benzene rings is 8. The van der Waals surface area contributed by atoms with E-state index in [9.17, 15) is 0 Å². The van der Waals surface area contributed by atoms with Crippen LogP contribution in [0.3, 0.4) is 0 Å². The normalized spacial score (nSPS) is 12.1. The highest BCUT2D eigenvalue weighted by Gasteiger charge is 2.27. The van der Waals surface area contributed by atoms with Gasteiger partial charge in [0.2, 0.25) is 0 Å². The molecule has 27 nitrogen and oxygen atoms in total. The molecule has 0 saturated heterocycles. The smallest absolute Gasteiger partial charge is 0.164 e. The zero-order valence-corrected chi connectivity index (χ0v) is 76.3. The van der Waals surface area contributed by atoms with Gasteiger partial charge in [-0.2, -0.15) is 0 Å². The number of methoxy groups -OCH3 is 6. The number of thioether (sulfide) groups is 6. The molecule has 3 aromatic heterocycles. The minimum atomic E-state index is 0.301. The van der Waals surface area contributed by atoms with Crippen LogP contribution >= 0.6 is 70.6 Å². The number of fused-ring (bicyclic) bond motifs is 20. The molecule has 0 saturated carbocycles. The number of nitrogens with zero attached hydrogens (tertiary/aromatic N) is 6. The molecule has 2 aliphatic heterocycles. The number of H-pyrrole nitrogens is 2. The zero-order chi connectivity index (χ0) is 85.5. The highest BCUT2D eigenvalue weighted by Crippen LogP contribution is 2.46. The zero-order valence-electron chi connectivity index (χ0n) is 71.4. The lowest BCUT2D eigenvalue weighted by Crippen LogP contribution is -2.09. The van der Waals surface area contributed by atoms with Crippen molar-refractivity contribution in [2.45, 2.75) is 36.0 Å². The van der Waals surface area contributed by atoms with Crippen LogP contribution in [-0.4, -0.2) is 315 Å². The van der Waals surface area contributed by atoms with Crippen molar-refractivity contribution in [1.82, 2.24) is 39.9 Å². The maximum absolute atomic E-state index is 6.96. The van der Waals surface area contributed by atoms with Crippen molar-refractivity contribution in [2.24, 2.45) is 0 Å². The van der Waals surface area contributed by atoms with E-state index in [4.69, 9.17) is 120 Å². The second-order valence-electron chi connectivity index (χ2n) is 28.1. The van der Waals surface area contributed by atoms with Gasteiger partial charge >= 0.3 is 0 Å². The Balaban J connectivity index is 0.976. The van der Waals surface area contributed by atoms with Gasteiger partial charge in [-0.1, -0.05) is 54.6 Å². The maximum atomic E-state index is 6.96. The summed E-state index contributed by atoms with van der Waals surface area (Å²) in [6, 6.07) is 39.0. The summed E-state index contributed by atoms with van der Waals surface area (Å²) in [5.41, 5.74) is 6.24. The topological polar surface area (TPSA) is 284 Å². The Morgan fingerprint density at radius 3 is 0.847 bits per heavy atom. The summed E-state index contributed by atoms with van der Waals surface area (Å²) < 4.78 is 110. The number of aromatic amines is 2. The molecule has 0 spiro atoms. The molecular weight excluding hydrogens is 1700 g/mol. The Morgan fingerprint density at radius 1 is 0.242 bits per heavy atom. The minimum Gasteiger partial charge on any atom is -0.489 e. The summed E-state index contributed by atoms with van der Waals surface area (Å²) in [6.07, 6.45) is 0. The van der Waals surface area contributed by atoms with E-state index in [2.05, 4.69) is 101 Å². The molecule has 2 N–H and O–H groups in total. The highest BCUT2D eigenvalue weighted by atomic mass is 32.2. The quantitative estimate of drug-likeness (QED) is 0.0203. The van der Waals surface area contributed by atoms with Gasteiger partial charge in [-0.3, -0.25) is 0 Å². The SMILES string of the molecule is COCCOCCOCCSc1cc2c(cc1SCCOCCOCCOC)-c1nc-2nc2[nH]c(nc3nc(nc4[nH]c(n1)c1cc(SCCOCCOCCOC)c(SCCOCCOCCOC)cc41)-c1cc(OCc4ccc5ccc6cccc7ccc4c5c67)ccc1-3)c1cc(SCCOCCOCCOC)c(SCCOCCOCCOC)cc21. The van der Waals surface area contributed by atoms with Gasteiger partial charge in [0.15, 0.2) is 23.3 Å². The van der Waals surface area contributed by atoms with E-state index in [1.807, 2.05) is 18.2 Å². The molecule has 124 heavy (non-hydrogen) atoms. The number of nitrogens with one attached hydrogen (secondary N) is 2. The van der Waals surface area contributed by atoms with Gasteiger partial charge in [-0.05, 0) is 92.5 Å². The van der Waals surface area contributed by atoms with Gasteiger partial charge in [0, 0.05) is 150 Å². The van der Waals surface area contributed by atoms with Crippen molar-refractivity contribution in [3.05, 3.63) is 115 Å². The Bertz CT molecular complexity index is 5300. The van der Waals surface area contributed by atoms with E-state index >= 15 is 0 Å². The first-order valence-electron chi connectivity index (χ1n) is 41.8. The molecule has 0 atom stereocenters. The van der Waals surface area contributed by atoms with Crippen LogP contribution in [0.4, 0.5) is 0 Å². The van der Waals surface area contributed by atoms with Crippen LogP contribution in [-0.2, 0) is 91.9 Å². The standard InChI is InChI=1S/C91H112N8O19S6/c1-100-18-24-106-30-36-112-42-48-119-76-55-70-71(56-77(76)120-49-43-113-37-31-107-25-19-101-2)88-95-86(70)93-84-68-17-15-66(118-61-65-13-12-64-11-10-62-8-7-9-63-14-16-67(65)83(64)82(62)63)54-69(68)85(92-84)94-87-72-57-78(121-50-44-114-38-32-108-26-20-102-3)79(122-51-45-115-39-33-109-27-21-103-4)58-73(72)89(96-87)98-91-75-60-81(124-53-47-117-41-35-111-29-23-105-6)80(59-74(75)90(97-88)99-91)123-52-46-116-40-34-110-28-22-104-5/h7-17,54-60H,18-53,61H2,1-6H3,(H2,92,93,94,95,96,97,98,99). The van der Waals surface area contributed by atoms with Gasteiger partial charge in [0.05, 0.1) is 198 Å². The average molecular weight is 1810 g/mol. The van der Waals surface area contributed by atoms with Gasteiger partial charge < -0.3 is 100.0 Å². The lowest BCUT2D eigenvalue weighted by Gasteiger charge is -2.14. The number of hydrogen-bond donors (Lipinski definition) is 2. The number of aromatic nitrogens is 8. The van der Waals surface area contributed by atoms with E-state index in [0.29, 0.717) is 291 Å². The third kappa shape index (κ3) is 27.5. The van der Waals surface area contributed by atoms with Crippen LogP contribution in [0.1, 0.15) is 5.56 Å². The van der Waals surface area contributed by atoms with Crippen LogP contribution in [0, 0.1) is 0 Å². The number of rotatable bonds is 63. The molecule has 2 aliphatic rings. The van der Waals surface area contributed by atoms with E-state index in [0.717, 1.165) is 84.1 Å². The molecule has 11 aromatic rings. The predicted octanol–water partition coefficient (Wildman–Crippen LogP) is 16.0. The predicted molar refractivity (Wildman–Crippen MR) is 496 cm³/mol. The third-order valence-electron chi connectivity index (χ3n) is 19.7. The molecule has 5 heterocycles. The number of ether oxygens (including phenoxy) is 19. The van der Waals surface area contributed by atoms with E-state index in [1.54, 1.807) is 113 Å². The molecule has 8 bridgehead atoms. The molecule has 666 valence electrons. The largest absolute Gasteiger partial charge is 0.489 e. The van der Waals surface area contributed by atoms with Crippen molar-refractivity contribution in [1.29, 1.82) is 0 Å². The van der Waals surface area contributed by atoms with Gasteiger partial charge in [0.25, 0.3) is 0 Å². The van der Waals surface area contributed by atoms with Gasteiger partial charge in [0.1, 0.15) is 34.9 Å². The Labute approximate surface area is 749 Å². The fourth-order valence-corrected chi connectivity index (χ4v) is 19.7. The molecular formula is C91H112N8O19S6. The van der Waals surface area contributed by atoms with Gasteiger partial charge in [-0.25, -0.2) is 29.9 Å². The summed E-state index contributed by atoms with van der Waals surface area (Å²) >= 11 is 10.3. The highest BCUT2D eigenvalue weighted by molar-refractivity contribution is 8.03. The second kappa shape index (κ2) is 52.7. The van der Waals surface area contributed by atoms with Crippen molar-refractivity contribution in [2.75, 3.05) is 275 Å². The third-order valence-corrected chi connectivity index (χ3v) is 26.2. The molecule has 0 aliphatic carbocycles. The van der Waals surface area contributed by atoms with Crippen LogP contribution in [0.15, 0.2) is 139 Å². The molecule has 0 unspecified atom stereocenters. The monoisotopic (exact) mass is 1810 g/mol. The molecule has 33 heteroatoms. The Hall–Kier alpha value is -6.66. The van der Waals surface area contributed by atoms with E-state index in [1.165, 1.54) is 26.9 Å². The molecule has 0 amide bonds. The molecule has 0 fully saturated rings. The van der Waals surface area contributed by atoms with Crippen LogP contribution in [0.2, 0.25) is 0 Å². The van der Waals surface area contributed by atoms with Crippen molar-refractivity contribution in [3.8, 4) is 51.3 Å². The van der Waals surface area contributed by atoms with Crippen LogP contribution < -0.4 is 4.74 Å². The minimum absolute atomic E-state index is 0.301. The number of hydrogen-bond acceptors (Lipinski definition) is 31. The first-order chi connectivity index (χ1) is 61.3. The maximum Gasteiger partial charge on any atom is 0.164 e. The van der Waals surface area contributed by atoms with E-state index in [-0.39, 0.29) is 0 Å². The first kappa shape index (κ1) is 94.9. The summed E-state index contributed by atoms with van der Waals surface area (Å²) in [5, 5.41) is 10.4. The van der Waals surface area contributed by atoms with Crippen molar-refractivity contribution >= 4 is 147 Å². The lowest BCUT2D eigenvalue weighted by molar-refractivity contribution is 0.0286. The van der Waals surface area contributed by atoms with Crippen LogP contribution in [0.25, 0.3) is 122 Å². The Kier molecular flexibility index (Phi) is 40.4. The summed E-state index contributed by atoms with van der Waals surface area (Å²) in [4.78, 5) is 47.5. The van der Waals surface area contributed by atoms with Gasteiger partial charge in [-0.15, -0.1) is 70.6 Å². The summed E-state index contributed by atoms with van der Waals surface area (Å²) in [7, 11) is 9.98. The summed E-state index contributed by atoms with van der Waals surface area (Å²) in [5.74, 6) is 6.28. The van der Waals surface area contributed by atoms with Crippen LogP contribution in [0.5, 0.6) is 5.75 Å². The lowest BCUT2D eigenvalue weighted by atomic mass is 9.92. The molecule has 13 rings (SSSR count). The molecule has 8 aromatic carbocycles. The van der Waals surface area contributed by atoms with Crippen molar-refractivity contribution < 1.29 is 90.0 Å². The average Bonchev–Trinajstić information content (AvgIpc) is 1.39. The Morgan fingerprint density at radius 2 is 0.516 bits per heavy atom. The summed E-state index contributed by atoms with van der Waals surface area (Å²) in [6.45, 7) is 14.7. The molecule has 0 radical (unpaired) electrons. The first-order valence-corrected chi connectivity index (χ1v) is 47.7.